The number of nitrogens with one attached hydrogen (secondary N) is 1. The van der Waals surface area contributed by atoms with Crippen molar-refractivity contribution in [1.29, 1.82) is 0 Å². The molecule has 2 aliphatic rings. The van der Waals surface area contributed by atoms with Crippen molar-refractivity contribution in [3.63, 3.8) is 0 Å². The van der Waals surface area contributed by atoms with Crippen LogP contribution in [0.4, 0.5) is 10.5 Å². The minimum Gasteiger partial charge on any atom is -0.368 e. The fraction of sp³-hybridized carbons (Fsp3) is 0.533. The Hall–Kier alpha value is -1.71. The standard InChI is InChI=1S/C15H21N3O/c1-12-2-6-14(7-3-12)17-8-10-18(11-9-17)15(19)16-13-4-5-13/h2-3,6-7,13H,4-5,8-11H2,1H3,(H,16,19). The maximum atomic E-state index is 11.9. The molecule has 1 aromatic carbocycles. The van der Waals surface area contributed by atoms with Crippen molar-refractivity contribution in [2.45, 2.75) is 25.8 Å². The number of aryl methyl sites for hydroxylation is 1. The van der Waals surface area contributed by atoms with Crippen LogP contribution in [0.3, 0.4) is 0 Å². The number of carbonyl (C=O) groups is 1. The lowest BCUT2D eigenvalue weighted by atomic mass is 10.2. The first-order valence-electron chi connectivity index (χ1n) is 7.09. The Balaban J connectivity index is 1.53. The van der Waals surface area contributed by atoms with Crippen LogP contribution in [-0.4, -0.2) is 43.2 Å². The number of urea groups is 1. The molecule has 3 rings (SSSR count). The molecule has 1 aliphatic heterocycles. The maximum absolute atomic E-state index is 11.9. The van der Waals surface area contributed by atoms with E-state index < -0.39 is 0 Å². The van der Waals surface area contributed by atoms with Crippen molar-refractivity contribution in [1.82, 2.24) is 10.2 Å². The third-order valence-electron chi connectivity index (χ3n) is 3.87. The van der Waals surface area contributed by atoms with Crippen LogP contribution >= 0.6 is 0 Å². The summed E-state index contributed by atoms with van der Waals surface area (Å²) < 4.78 is 0. The summed E-state index contributed by atoms with van der Waals surface area (Å²) in [6, 6.07) is 9.17. The second-order valence-corrected chi connectivity index (χ2v) is 5.53. The number of nitrogens with zero attached hydrogens (tertiary/aromatic N) is 2. The van der Waals surface area contributed by atoms with Gasteiger partial charge >= 0.3 is 6.03 Å². The van der Waals surface area contributed by atoms with E-state index in [0.717, 1.165) is 39.0 Å². The quantitative estimate of drug-likeness (QED) is 0.881. The summed E-state index contributed by atoms with van der Waals surface area (Å²) in [5, 5.41) is 3.05. The number of anilines is 1. The van der Waals surface area contributed by atoms with Crippen molar-refractivity contribution < 1.29 is 4.79 Å². The number of carbonyl (C=O) groups excluding carboxylic acids is 1. The first-order valence-corrected chi connectivity index (χ1v) is 7.09. The number of piperazine rings is 1. The van der Waals surface area contributed by atoms with Crippen molar-refractivity contribution in [3.05, 3.63) is 29.8 Å². The normalized spacial score (nSPS) is 19.4. The van der Waals surface area contributed by atoms with Gasteiger partial charge in [0.15, 0.2) is 0 Å². The fourth-order valence-corrected chi connectivity index (χ4v) is 2.42. The van der Waals surface area contributed by atoms with Crippen LogP contribution in [0.5, 0.6) is 0 Å². The molecule has 0 atom stereocenters. The summed E-state index contributed by atoms with van der Waals surface area (Å²) in [5.41, 5.74) is 2.54. The van der Waals surface area contributed by atoms with E-state index in [1.165, 1.54) is 11.3 Å². The largest absolute Gasteiger partial charge is 0.368 e. The lowest BCUT2D eigenvalue weighted by Crippen LogP contribution is -2.52. The molecule has 2 fully saturated rings. The summed E-state index contributed by atoms with van der Waals surface area (Å²) >= 11 is 0. The van der Waals surface area contributed by atoms with E-state index in [1.54, 1.807) is 0 Å². The molecule has 0 bridgehead atoms. The number of benzene rings is 1. The number of amides is 2. The SMILES string of the molecule is Cc1ccc(N2CCN(C(=O)NC3CC3)CC2)cc1. The molecule has 0 aromatic heterocycles. The smallest absolute Gasteiger partial charge is 0.317 e. The summed E-state index contributed by atoms with van der Waals surface area (Å²) in [5.74, 6) is 0. The molecule has 0 spiro atoms. The van der Waals surface area contributed by atoms with E-state index in [4.69, 9.17) is 0 Å². The first-order chi connectivity index (χ1) is 9.22. The molecule has 1 aliphatic carbocycles. The number of rotatable bonds is 2. The highest BCUT2D eigenvalue weighted by Crippen LogP contribution is 2.20. The summed E-state index contributed by atoms with van der Waals surface area (Å²) in [4.78, 5) is 16.2. The highest BCUT2D eigenvalue weighted by atomic mass is 16.2. The van der Waals surface area contributed by atoms with Crippen LogP contribution in [0.15, 0.2) is 24.3 Å². The highest BCUT2D eigenvalue weighted by molar-refractivity contribution is 5.75. The Morgan fingerprint density at radius 1 is 1.11 bits per heavy atom. The minimum absolute atomic E-state index is 0.117. The van der Waals surface area contributed by atoms with Crippen molar-refractivity contribution in [3.8, 4) is 0 Å². The third-order valence-corrected chi connectivity index (χ3v) is 3.87. The van der Waals surface area contributed by atoms with Gasteiger partial charge in [0.2, 0.25) is 0 Å². The van der Waals surface area contributed by atoms with E-state index in [0.29, 0.717) is 6.04 Å². The Bertz CT molecular complexity index is 445. The molecule has 102 valence electrons. The third kappa shape index (κ3) is 3.00. The first kappa shape index (κ1) is 12.3. The van der Waals surface area contributed by atoms with E-state index >= 15 is 0 Å². The molecule has 0 radical (unpaired) electrons. The number of hydrogen-bond donors (Lipinski definition) is 1. The summed E-state index contributed by atoms with van der Waals surface area (Å²) in [6.45, 7) is 5.56. The molecule has 4 heteroatoms. The van der Waals surface area contributed by atoms with E-state index in [9.17, 15) is 4.79 Å². The maximum Gasteiger partial charge on any atom is 0.317 e. The van der Waals surface area contributed by atoms with Gasteiger partial charge in [0.25, 0.3) is 0 Å². The van der Waals surface area contributed by atoms with Crippen molar-refractivity contribution >= 4 is 11.7 Å². The van der Waals surface area contributed by atoms with Crippen LogP contribution < -0.4 is 10.2 Å². The van der Waals surface area contributed by atoms with Crippen LogP contribution in [0.25, 0.3) is 0 Å². The van der Waals surface area contributed by atoms with Gasteiger partial charge in [-0.05, 0) is 31.9 Å². The van der Waals surface area contributed by atoms with Gasteiger partial charge in [-0.1, -0.05) is 17.7 Å². The van der Waals surface area contributed by atoms with Crippen LogP contribution in [0, 0.1) is 6.92 Å². The topological polar surface area (TPSA) is 35.6 Å². The van der Waals surface area contributed by atoms with Gasteiger partial charge in [-0.15, -0.1) is 0 Å². The predicted octanol–water partition coefficient (Wildman–Crippen LogP) is 1.99. The molecule has 19 heavy (non-hydrogen) atoms. The zero-order valence-corrected chi connectivity index (χ0v) is 11.4. The van der Waals surface area contributed by atoms with Crippen LogP contribution in [0.2, 0.25) is 0 Å². The van der Waals surface area contributed by atoms with Gasteiger partial charge in [0.05, 0.1) is 0 Å². The van der Waals surface area contributed by atoms with E-state index in [2.05, 4.69) is 41.4 Å². The Labute approximate surface area is 114 Å². The molecular formula is C15H21N3O. The minimum atomic E-state index is 0.117. The molecule has 0 unspecified atom stereocenters. The fourth-order valence-electron chi connectivity index (χ4n) is 2.42. The lowest BCUT2D eigenvalue weighted by molar-refractivity contribution is 0.194. The molecular weight excluding hydrogens is 238 g/mol. The van der Waals surface area contributed by atoms with Crippen LogP contribution in [0.1, 0.15) is 18.4 Å². The zero-order chi connectivity index (χ0) is 13.2. The highest BCUT2D eigenvalue weighted by Gasteiger charge is 2.27. The van der Waals surface area contributed by atoms with Gasteiger partial charge in [-0.2, -0.15) is 0 Å². The van der Waals surface area contributed by atoms with Gasteiger partial charge in [0.1, 0.15) is 0 Å². The second kappa shape index (κ2) is 5.11. The average molecular weight is 259 g/mol. The Morgan fingerprint density at radius 3 is 2.32 bits per heavy atom. The molecule has 1 N–H and O–H groups in total. The van der Waals surface area contributed by atoms with Gasteiger partial charge < -0.3 is 15.1 Å². The Morgan fingerprint density at radius 2 is 1.74 bits per heavy atom. The lowest BCUT2D eigenvalue weighted by Gasteiger charge is -2.36. The molecule has 1 saturated heterocycles. The van der Waals surface area contributed by atoms with Gasteiger partial charge in [-0.25, -0.2) is 4.79 Å². The second-order valence-electron chi connectivity index (χ2n) is 5.53. The zero-order valence-electron chi connectivity index (χ0n) is 11.4. The monoisotopic (exact) mass is 259 g/mol. The molecule has 1 aromatic rings. The van der Waals surface area contributed by atoms with Crippen molar-refractivity contribution in [2.24, 2.45) is 0 Å². The number of hydrogen-bond acceptors (Lipinski definition) is 2. The van der Waals surface area contributed by atoms with Gasteiger partial charge in [0, 0.05) is 37.9 Å². The van der Waals surface area contributed by atoms with Crippen LogP contribution in [-0.2, 0) is 0 Å². The van der Waals surface area contributed by atoms with Gasteiger partial charge in [-0.3, -0.25) is 0 Å². The predicted molar refractivity (Wildman–Crippen MR) is 76.5 cm³/mol. The Kier molecular flexibility index (Phi) is 3.32. The molecule has 4 nitrogen and oxygen atoms in total. The molecule has 1 heterocycles. The molecule has 2 amide bonds. The summed E-state index contributed by atoms with van der Waals surface area (Å²) in [6.07, 6.45) is 2.30. The van der Waals surface area contributed by atoms with Crippen molar-refractivity contribution in [2.75, 3.05) is 31.1 Å². The molecule has 1 saturated carbocycles. The average Bonchev–Trinajstić information content (AvgIpc) is 3.24. The summed E-state index contributed by atoms with van der Waals surface area (Å²) in [7, 11) is 0. The van der Waals surface area contributed by atoms with E-state index in [1.807, 2.05) is 4.90 Å². The van der Waals surface area contributed by atoms with E-state index in [-0.39, 0.29) is 6.03 Å².